The highest BCUT2D eigenvalue weighted by molar-refractivity contribution is 6.05. The van der Waals surface area contributed by atoms with E-state index in [0.29, 0.717) is 11.4 Å². The number of halogens is 1. The topological polar surface area (TPSA) is 127 Å². The first-order chi connectivity index (χ1) is 16.7. The quantitative estimate of drug-likeness (QED) is 0.383. The minimum absolute atomic E-state index is 0.0127. The van der Waals surface area contributed by atoms with Crippen LogP contribution in [0.5, 0.6) is 11.5 Å². The predicted molar refractivity (Wildman–Crippen MR) is 126 cm³/mol. The number of anilines is 2. The molecule has 2 aromatic heterocycles. The zero-order valence-corrected chi connectivity index (χ0v) is 18.7. The van der Waals surface area contributed by atoms with Crippen molar-refractivity contribution in [1.29, 1.82) is 0 Å². The third-order valence-corrected chi connectivity index (χ3v) is 5.17. The molecular weight excluding hydrogens is 457 g/mol. The molecule has 0 spiro atoms. The van der Waals surface area contributed by atoms with Crippen LogP contribution in [0.25, 0.3) is 5.69 Å². The van der Waals surface area contributed by atoms with E-state index in [1.165, 1.54) is 35.1 Å². The van der Waals surface area contributed by atoms with Crippen LogP contribution >= 0.6 is 0 Å². The number of carboxylic acid groups (broad SMARTS) is 1. The van der Waals surface area contributed by atoms with Crippen LogP contribution in [0.3, 0.4) is 0 Å². The van der Waals surface area contributed by atoms with Crippen molar-refractivity contribution in [2.45, 2.75) is 6.92 Å². The molecule has 4 aromatic rings. The van der Waals surface area contributed by atoms with Gasteiger partial charge in [0.1, 0.15) is 17.1 Å². The van der Waals surface area contributed by atoms with E-state index in [2.05, 4.69) is 15.6 Å². The van der Waals surface area contributed by atoms with E-state index in [-0.39, 0.29) is 28.6 Å². The molecule has 178 valence electrons. The summed E-state index contributed by atoms with van der Waals surface area (Å²) >= 11 is 0. The Labute approximate surface area is 198 Å². The number of ether oxygens (including phenoxy) is 1. The highest BCUT2D eigenvalue weighted by Gasteiger charge is 2.22. The van der Waals surface area contributed by atoms with Gasteiger partial charge in [0, 0.05) is 31.1 Å². The maximum absolute atomic E-state index is 14.7. The number of hydrogen-bond acceptors (Lipinski definition) is 5. The van der Waals surface area contributed by atoms with Gasteiger partial charge >= 0.3 is 6.09 Å². The summed E-state index contributed by atoms with van der Waals surface area (Å²) in [7, 11) is 1.67. The highest BCUT2D eigenvalue weighted by Crippen LogP contribution is 2.28. The largest absolute Gasteiger partial charge is 0.465 e. The molecule has 0 saturated carbocycles. The van der Waals surface area contributed by atoms with Crippen LogP contribution in [0.15, 0.2) is 71.7 Å². The number of carbonyl (C=O) groups excluding carboxylic acids is 1. The fraction of sp³-hybridized carbons (Fsp3) is 0.0833. The van der Waals surface area contributed by atoms with Gasteiger partial charge in [0.2, 0.25) is 0 Å². The second-order valence-corrected chi connectivity index (χ2v) is 7.44. The molecule has 0 bridgehead atoms. The van der Waals surface area contributed by atoms with E-state index >= 15 is 0 Å². The average Bonchev–Trinajstić information content (AvgIpc) is 3.04. The molecule has 2 aromatic carbocycles. The van der Waals surface area contributed by atoms with E-state index in [1.807, 2.05) is 6.07 Å². The van der Waals surface area contributed by atoms with E-state index in [9.17, 15) is 18.8 Å². The first-order valence-corrected chi connectivity index (χ1v) is 10.3. The number of para-hydroxylation sites is 1. The molecule has 0 radical (unpaired) electrons. The molecule has 4 rings (SSSR count). The zero-order valence-electron chi connectivity index (χ0n) is 18.7. The summed E-state index contributed by atoms with van der Waals surface area (Å²) in [6, 6.07) is 15.4. The second-order valence-electron chi connectivity index (χ2n) is 7.44. The number of aromatic nitrogens is 3. The number of nitrogens with one attached hydrogen (secondary N) is 2. The van der Waals surface area contributed by atoms with Gasteiger partial charge in [-0.05, 0) is 37.3 Å². The van der Waals surface area contributed by atoms with Gasteiger partial charge in [0.25, 0.3) is 11.5 Å². The average molecular weight is 477 g/mol. The van der Waals surface area contributed by atoms with Crippen LogP contribution in [0.2, 0.25) is 0 Å². The summed E-state index contributed by atoms with van der Waals surface area (Å²) in [6.45, 7) is 1.65. The highest BCUT2D eigenvalue weighted by atomic mass is 19.1. The maximum Gasteiger partial charge on any atom is 0.410 e. The Morgan fingerprint density at radius 3 is 2.49 bits per heavy atom. The maximum atomic E-state index is 14.7. The third kappa shape index (κ3) is 4.88. The molecule has 0 aliphatic heterocycles. The Hall–Kier alpha value is -4.93. The minimum Gasteiger partial charge on any atom is -0.465 e. The Kier molecular flexibility index (Phi) is 6.32. The van der Waals surface area contributed by atoms with E-state index < -0.39 is 23.4 Å². The number of rotatable bonds is 6. The van der Waals surface area contributed by atoms with Crippen molar-refractivity contribution in [3.05, 3.63) is 94.3 Å². The van der Waals surface area contributed by atoms with Gasteiger partial charge in [-0.25, -0.2) is 18.9 Å². The lowest BCUT2D eigenvalue weighted by molar-refractivity contribution is 0.102. The van der Waals surface area contributed by atoms with Gasteiger partial charge in [0.15, 0.2) is 11.6 Å². The molecule has 3 N–H and O–H groups in total. The number of hydrogen-bond donors (Lipinski definition) is 3. The summed E-state index contributed by atoms with van der Waals surface area (Å²) < 4.78 is 23.1. The van der Waals surface area contributed by atoms with Crippen LogP contribution in [0, 0.1) is 12.7 Å². The minimum atomic E-state index is -1.30. The molecule has 0 atom stereocenters. The molecule has 2 heterocycles. The lowest BCUT2D eigenvalue weighted by Gasteiger charge is -2.10. The van der Waals surface area contributed by atoms with Crippen LogP contribution in [0.4, 0.5) is 20.7 Å². The third-order valence-electron chi connectivity index (χ3n) is 5.17. The van der Waals surface area contributed by atoms with Crippen LogP contribution in [-0.2, 0) is 7.05 Å². The second kappa shape index (κ2) is 9.51. The van der Waals surface area contributed by atoms with Crippen molar-refractivity contribution < 1.29 is 23.8 Å². The number of benzene rings is 2. The fourth-order valence-electron chi connectivity index (χ4n) is 3.46. The number of amides is 2. The van der Waals surface area contributed by atoms with Crippen molar-refractivity contribution in [3.63, 3.8) is 0 Å². The van der Waals surface area contributed by atoms with Crippen molar-refractivity contribution in [3.8, 4) is 17.2 Å². The number of nitrogens with zero attached hydrogens (tertiary/aromatic N) is 3. The van der Waals surface area contributed by atoms with Gasteiger partial charge in [-0.15, -0.1) is 0 Å². The number of pyridine rings is 1. The van der Waals surface area contributed by atoms with Crippen molar-refractivity contribution >= 4 is 23.5 Å². The molecule has 0 fully saturated rings. The van der Waals surface area contributed by atoms with E-state index in [0.717, 1.165) is 6.07 Å². The van der Waals surface area contributed by atoms with Crippen molar-refractivity contribution in [1.82, 2.24) is 14.3 Å². The van der Waals surface area contributed by atoms with Gasteiger partial charge in [-0.2, -0.15) is 0 Å². The summed E-state index contributed by atoms with van der Waals surface area (Å²) in [5.41, 5.74) is 0.606. The molecule has 0 saturated heterocycles. The lowest BCUT2D eigenvalue weighted by atomic mass is 10.2. The summed E-state index contributed by atoms with van der Waals surface area (Å²) in [6.07, 6.45) is 0.00227. The predicted octanol–water partition coefficient (Wildman–Crippen LogP) is 4.15. The fourth-order valence-corrected chi connectivity index (χ4v) is 3.46. The Balaban J connectivity index is 1.54. The van der Waals surface area contributed by atoms with Gasteiger partial charge in [0.05, 0.1) is 11.4 Å². The van der Waals surface area contributed by atoms with Crippen molar-refractivity contribution in [2.24, 2.45) is 7.05 Å². The van der Waals surface area contributed by atoms with Gasteiger partial charge < -0.3 is 15.2 Å². The van der Waals surface area contributed by atoms with E-state index in [1.54, 1.807) is 42.9 Å². The standard InChI is InChI=1S/C24H20FN5O5/c1-14-21(23(32)30(29(14)2)16-6-4-3-5-7-16)22(31)27-15-8-9-19(18(25)12-15)35-17-10-11-26-20(13-17)28-24(33)34/h3-13H,1-2H3,(H,26,28)(H,27,31)(H,33,34). The first-order valence-electron chi connectivity index (χ1n) is 10.3. The van der Waals surface area contributed by atoms with E-state index in [4.69, 9.17) is 9.84 Å². The lowest BCUT2D eigenvalue weighted by Crippen LogP contribution is -2.25. The Bertz CT molecular complexity index is 1480. The van der Waals surface area contributed by atoms with Crippen LogP contribution in [-0.4, -0.2) is 31.5 Å². The van der Waals surface area contributed by atoms with Crippen molar-refractivity contribution in [2.75, 3.05) is 10.6 Å². The van der Waals surface area contributed by atoms with Gasteiger partial charge in [-0.3, -0.25) is 19.6 Å². The zero-order chi connectivity index (χ0) is 25.1. The molecule has 11 heteroatoms. The van der Waals surface area contributed by atoms with Crippen LogP contribution in [0.1, 0.15) is 16.1 Å². The summed E-state index contributed by atoms with van der Waals surface area (Å²) in [5.74, 6) is -1.44. The molecule has 0 unspecified atom stereocenters. The SMILES string of the molecule is Cc1c(C(=O)Nc2ccc(Oc3ccnc(NC(=O)O)c3)c(F)c2)c(=O)n(-c2ccccc2)n1C. The monoisotopic (exact) mass is 477 g/mol. The Morgan fingerprint density at radius 2 is 1.80 bits per heavy atom. The molecule has 2 amide bonds. The first kappa shape index (κ1) is 23.2. The van der Waals surface area contributed by atoms with Crippen LogP contribution < -0.4 is 20.9 Å². The van der Waals surface area contributed by atoms with Gasteiger partial charge in [-0.1, -0.05) is 18.2 Å². The molecule has 0 aliphatic carbocycles. The molecule has 0 aliphatic rings. The Morgan fingerprint density at radius 1 is 1.06 bits per heavy atom. The summed E-state index contributed by atoms with van der Waals surface area (Å²) in [5, 5.41) is 13.4. The molecule has 35 heavy (non-hydrogen) atoms. The smallest absolute Gasteiger partial charge is 0.410 e. The molecule has 10 nitrogen and oxygen atoms in total. The number of carbonyl (C=O) groups is 2. The summed E-state index contributed by atoms with van der Waals surface area (Å²) in [4.78, 5) is 40.5. The molecular formula is C24H20FN5O5. The normalized spacial score (nSPS) is 10.6.